The first-order valence-electron chi connectivity index (χ1n) is 8.91. The first-order valence-corrected chi connectivity index (χ1v) is 8.91. The van der Waals surface area contributed by atoms with Gasteiger partial charge in [0.05, 0.1) is 25.4 Å². The van der Waals surface area contributed by atoms with E-state index in [1.165, 1.54) is 0 Å². The summed E-state index contributed by atoms with van der Waals surface area (Å²) >= 11 is 0. The van der Waals surface area contributed by atoms with E-state index in [0.29, 0.717) is 37.4 Å². The highest BCUT2D eigenvalue weighted by molar-refractivity contribution is 14.0. The lowest BCUT2D eigenvalue weighted by Gasteiger charge is -2.54. The molecule has 0 amide bonds. The molecule has 0 aromatic carbocycles. The van der Waals surface area contributed by atoms with Crippen LogP contribution in [0.2, 0.25) is 0 Å². The average Bonchev–Trinajstić information content (AvgIpc) is 3.20. The fourth-order valence-corrected chi connectivity index (χ4v) is 4.19. The number of nitrogens with one attached hydrogen (secondary N) is 2. The molecule has 4 atom stereocenters. The van der Waals surface area contributed by atoms with Crippen molar-refractivity contribution < 1.29 is 14.2 Å². The Morgan fingerprint density at radius 1 is 1.25 bits per heavy atom. The van der Waals surface area contributed by atoms with Gasteiger partial charge in [-0.3, -0.25) is 4.99 Å². The van der Waals surface area contributed by atoms with E-state index in [-0.39, 0.29) is 29.4 Å². The Hall–Kier alpha value is -0.120. The van der Waals surface area contributed by atoms with Gasteiger partial charge in [-0.2, -0.15) is 0 Å². The second-order valence-electron chi connectivity index (χ2n) is 7.40. The van der Waals surface area contributed by atoms with E-state index in [0.717, 1.165) is 45.0 Å². The lowest BCUT2D eigenvalue weighted by atomic mass is 9.57. The third-order valence-corrected chi connectivity index (χ3v) is 5.48. The average molecular weight is 453 g/mol. The van der Waals surface area contributed by atoms with Crippen molar-refractivity contribution in [2.45, 2.75) is 51.4 Å². The number of guanidine groups is 1. The molecular formula is C17H32IN3O3. The molecule has 140 valence electrons. The van der Waals surface area contributed by atoms with Crippen LogP contribution in [0.5, 0.6) is 0 Å². The molecule has 2 heterocycles. The van der Waals surface area contributed by atoms with Gasteiger partial charge in [-0.15, -0.1) is 24.0 Å². The first kappa shape index (κ1) is 20.2. The van der Waals surface area contributed by atoms with Crippen LogP contribution in [0.25, 0.3) is 0 Å². The second-order valence-corrected chi connectivity index (χ2v) is 7.40. The van der Waals surface area contributed by atoms with E-state index < -0.39 is 0 Å². The topological polar surface area (TPSA) is 64.1 Å². The summed E-state index contributed by atoms with van der Waals surface area (Å²) in [5.74, 6) is 1.47. The van der Waals surface area contributed by atoms with E-state index in [4.69, 9.17) is 14.2 Å². The van der Waals surface area contributed by atoms with Gasteiger partial charge < -0.3 is 24.8 Å². The van der Waals surface area contributed by atoms with Gasteiger partial charge in [0.15, 0.2) is 5.96 Å². The highest BCUT2D eigenvalue weighted by Gasteiger charge is 2.59. The molecule has 2 N–H and O–H groups in total. The zero-order valence-electron chi connectivity index (χ0n) is 15.0. The van der Waals surface area contributed by atoms with Gasteiger partial charge in [-0.1, -0.05) is 13.8 Å². The normalized spacial score (nSPS) is 34.2. The Labute approximate surface area is 162 Å². The smallest absolute Gasteiger partial charge is 0.191 e. The minimum atomic E-state index is 0. The van der Waals surface area contributed by atoms with Gasteiger partial charge in [-0.25, -0.2) is 0 Å². The number of fused-ring (bicyclic) bond motifs is 1. The molecule has 4 unspecified atom stereocenters. The monoisotopic (exact) mass is 453 g/mol. The van der Waals surface area contributed by atoms with Crippen LogP contribution in [0.4, 0.5) is 0 Å². The van der Waals surface area contributed by atoms with Crippen molar-refractivity contribution in [3.05, 3.63) is 0 Å². The molecule has 0 bridgehead atoms. The quantitative estimate of drug-likeness (QED) is 0.278. The van der Waals surface area contributed by atoms with E-state index >= 15 is 0 Å². The highest BCUT2D eigenvalue weighted by Crippen LogP contribution is 2.52. The lowest BCUT2D eigenvalue weighted by molar-refractivity contribution is -0.106. The highest BCUT2D eigenvalue weighted by atomic mass is 127. The Bertz CT molecular complexity index is 427. The Balaban J connectivity index is 0.00000208. The zero-order valence-corrected chi connectivity index (χ0v) is 17.4. The molecule has 2 saturated heterocycles. The number of ether oxygens (including phenoxy) is 3. The van der Waals surface area contributed by atoms with Crippen LogP contribution in [-0.2, 0) is 14.2 Å². The number of aliphatic imine (C=N–C) groups is 1. The standard InChI is InChI=1S/C17H31N3O3.HI/c1-17(2)14(13-6-9-23-15(13)17)20-16(18-3)19-7-10-21-11-12-5-4-8-22-12;/h12-15H,4-11H2,1-3H3,(H2,18,19,20);1H. The molecule has 6 nitrogen and oxygen atoms in total. The molecule has 0 aromatic rings. The zero-order chi connectivity index (χ0) is 16.3. The third-order valence-electron chi connectivity index (χ3n) is 5.48. The van der Waals surface area contributed by atoms with Crippen molar-refractivity contribution in [2.75, 3.05) is 40.0 Å². The second kappa shape index (κ2) is 9.00. The third kappa shape index (κ3) is 4.34. The molecular weight excluding hydrogens is 421 g/mol. The summed E-state index contributed by atoms with van der Waals surface area (Å²) in [4.78, 5) is 4.34. The van der Waals surface area contributed by atoms with Crippen molar-refractivity contribution in [3.8, 4) is 0 Å². The molecule has 3 fully saturated rings. The SMILES string of the molecule is CN=C(NCCOCC1CCCO1)NC1C2CCOC2C1(C)C.I. The fourth-order valence-electron chi connectivity index (χ4n) is 4.19. The molecule has 3 rings (SSSR count). The number of hydrogen-bond donors (Lipinski definition) is 2. The van der Waals surface area contributed by atoms with Crippen LogP contribution in [-0.4, -0.2) is 64.2 Å². The molecule has 2 aliphatic heterocycles. The minimum absolute atomic E-state index is 0. The Morgan fingerprint density at radius 3 is 2.79 bits per heavy atom. The maximum absolute atomic E-state index is 5.84. The first-order chi connectivity index (χ1) is 11.1. The van der Waals surface area contributed by atoms with Crippen LogP contribution in [0.3, 0.4) is 0 Å². The largest absolute Gasteiger partial charge is 0.377 e. The predicted molar refractivity (Wildman–Crippen MR) is 105 cm³/mol. The molecule has 24 heavy (non-hydrogen) atoms. The van der Waals surface area contributed by atoms with Gasteiger partial charge in [-0.05, 0) is 19.3 Å². The van der Waals surface area contributed by atoms with E-state index in [9.17, 15) is 0 Å². The Morgan fingerprint density at radius 2 is 2.08 bits per heavy atom. The van der Waals surface area contributed by atoms with Crippen molar-refractivity contribution in [2.24, 2.45) is 16.3 Å². The van der Waals surface area contributed by atoms with E-state index in [1.54, 1.807) is 0 Å². The molecule has 7 heteroatoms. The summed E-state index contributed by atoms with van der Waals surface area (Å²) in [6.45, 7) is 8.44. The summed E-state index contributed by atoms with van der Waals surface area (Å²) < 4.78 is 17.1. The van der Waals surface area contributed by atoms with Gasteiger partial charge in [0, 0.05) is 44.2 Å². The summed E-state index contributed by atoms with van der Waals surface area (Å²) in [7, 11) is 1.82. The van der Waals surface area contributed by atoms with Crippen LogP contribution in [0.15, 0.2) is 4.99 Å². The van der Waals surface area contributed by atoms with Crippen LogP contribution in [0.1, 0.15) is 33.1 Å². The summed E-state index contributed by atoms with van der Waals surface area (Å²) in [5.41, 5.74) is 0.162. The molecule has 0 aromatic heterocycles. The molecule has 1 saturated carbocycles. The summed E-state index contributed by atoms with van der Waals surface area (Å²) in [6.07, 6.45) is 4.12. The van der Waals surface area contributed by atoms with Gasteiger partial charge >= 0.3 is 0 Å². The van der Waals surface area contributed by atoms with Crippen molar-refractivity contribution in [1.29, 1.82) is 0 Å². The lowest BCUT2D eigenvalue weighted by Crippen LogP contribution is -2.68. The summed E-state index contributed by atoms with van der Waals surface area (Å²) in [6, 6.07) is 0.425. The maximum atomic E-state index is 5.84. The van der Waals surface area contributed by atoms with E-state index in [2.05, 4.69) is 29.5 Å². The van der Waals surface area contributed by atoms with Gasteiger partial charge in [0.2, 0.25) is 0 Å². The maximum Gasteiger partial charge on any atom is 0.191 e. The van der Waals surface area contributed by atoms with Crippen molar-refractivity contribution in [3.63, 3.8) is 0 Å². The minimum Gasteiger partial charge on any atom is -0.377 e. The fraction of sp³-hybridized carbons (Fsp3) is 0.941. The number of halogens is 1. The summed E-state index contributed by atoms with van der Waals surface area (Å²) in [5, 5.41) is 6.92. The van der Waals surface area contributed by atoms with E-state index in [1.807, 2.05) is 7.05 Å². The number of rotatable bonds is 6. The van der Waals surface area contributed by atoms with Gasteiger partial charge in [0.25, 0.3) is 0 Å². The molecule has 1 aliphatic carbocycles. The molecule has 3 aliphatic rings. The van der Waals surface area contributed by atoms with Crippen molar-refractivity contribution >= 4 is 29.9 Å². The number of nitrogens with zero attached hydrogens (tertiary/aromatic N) is 1. The molecule has 0 radical (unpaired) electrons. The van der Waals surface area contributed by atoms with Gasteiger partial charge in [0.1, 0.15) is 0 Å². The Kier molecular flexibility index (Phi) is 7.58. The van der Waals surface area contributed by atoms with Crippen LogP contribution >= 0.6 is 24.0 Å². The van der Waals surface area contributed by atoms with Crippen molar-refractivity contribution in [1.82, 2.24) is 10.6 Å². The predicted octanol–water partition coefficient (Wildman–Crippen LogP) is 1.78. The number of hydrogen-bond acceptors (Lipinski definition) is 4. The van der Waals surface area contributed by atoms with Crippen LogP contribution < -0.4 is 10.6 Å². The van der Waals surface area contributed by atoms with Crippen LogP contribution in [0, 0.1) is 11.3 Å². The molecule has 0 spiro atoms.